The number of aryl methyl sites for hydroxylation is 1. The number of ether oxygens (including phenoxy) is 1. The van der Waals surface area contributed by atoms with Gasteiger partial charge in [-0.05, 0) is 56.8 Å². The maximum absolute atomic E-state index is 9.09. The smallest absolute Gasteiger partial charge is 0.122 e. The van der Waals surface area contributed by atoms with Crippen molar-refractivity contribution in [3.05, 3.63) is 29.3 Å². The highest BCUT2D eigenvalue weighted by atomic mass is 16.5. The van der Waals surface area contributed by atoms with Crippen molar-refractivity contribution in [1.82, 2.24) is 5.32 Å². The molecule has 0 bridgehead atoms. The lowest BCUT2D eigenvalue weighted by atomic mass is 9.99. The van der Waals surface area contributed by atoms with Gasteiger partial charge in [-0.2, -0.15) is 0 Å². The van der Waals surface area contributed by atoms with Gasteiger partial charge in [0.25, 0.3) is 0 Å². The molecule has 1 aromatic rings. The Balaban J connectivity index is 1.94. The SMILES string of the molecule is Cc1ccc(OCC2CCNCC2)c(CCO)c1. The van der Waals surface area contributed by atoms with Gasteiger partial charge >= 0.3 is 0 Å². The molecule has 0 spiro atoms. The van der Waals surface area contributed by atoms with Crippen LogP contribution in [0.1, 0.15) is 24.0 Å². The second kappa shape index (κ2) is 6.76. The van der Waals surface area contributed by atoms with E-state index in [1.165, 1.54) is 18.4 Å². The molecule has 0 aliphatic carbocycles. The first-order valence-electron chi connectivity index (χ1n) is 6.83. The van der Waals surface area contributed by atoms with E-state index in [1.54, 1.807) is 0 Å². The van der Waals surface area contributed by atoms with Crippen LogP contribution in [0.3, 0.4) is 0 Å². The molecule has 18 heavy (non-hydrogen) atoms. The summed E-state index contributed by atoms with van der Waals surface area (Å²) < 4.78 is 5.95. The van der Waals surface area contributed by atoms with E-state index < -0.39 is 0 Å². The van der Waals surface area contributed by atoms with Gasteiger partial charge in [0.05, 0.1) is 6.61 Å². The molecule has 1 heterocycles. The van der Waals surface area contributed by atoms with Crippen LogP contribution in [0.25, 0.3) is 0 Å². The molecule has 100 valence electrons. The Bertz CT molecular complexity index is 373. The predicted octanol–water partition coefficient (Wildman–Crippen LogP) is 1.91. The number of aliphatic hydroxyl groups excluding tert-OH is 1. The zero-order valence-corrected chi connectivity index (χ0v) is 11.1. The van der Waals surface area contributed by atoms with Crippen LogP contribution in [-0.4, -0.2) is 31.4 Å². The fourth-order valence-electron chi connectivity index (χ4n) is 2.42. The van der Waals surface area contributed by atoms with Crippen LogP contribution in [0.2, 0.25) is 0 Å². The Morgan fingerprint density at radius 1 is 1.33 bits per heavy atom. The summed E-state index contributed by atoms with van der Waals surface area (Å²) in [6.07, 6.45) is 3.06. The van der Waals surface area contributed by atoms with Crippen molar-refractivity contribution in [2.24, 2.45) is 5.92 Å². The molecule has 1 aliphatic heterocycles. The molecular weight excluding hydrogens is 226 g/mol. The van der Waals surface area contributed by atoms with Gasteiger partial charge in [-0.15, -0.1) is 0 Å². The fraction of sp³-hybridized carbons (Fsp3) is 0.600. The van der Waals surface area contributed by atoms with Gasteiger partial charge in [0.15, 0.2) is 0 Å². The Morgan fingerprint density at radius 2 is 2.11 bits per heavy atom. The van der Waals surface area contributed by atoms with Crippen molar-refractivity contribution in [2.75, 3.05) is 26.3 Å². The highest BCUT2D eigenvalue weighted by Gasteiger charge is 2.14. The highest BCUT2D eigenvalue weighted by molar-refractivity contribution is 5.37. The highest BCUT2D eigenvalue weighted by Crippen LogP contribution is 2.22. The Morgan fingerprint density at radius 3 is 2.83 bits per heavy atom. The van der Waals surface area contributed by atoms with E-state index in [0.717, 1.165) is 31.0 Å². The van der Waals surface area contributed by atoms with Crippen LogP contribution in [0.5, 0.6) is 5.75 Å². The lowest BCUT2D eigenvalue weighted by molar-refractivity contribution is 0.212. The minimum absolute atomic E-state index is 0.174. The molecule has 3 nitrogen and oxygen atoms in total. The summed E-state index contributed by atoms with van der Waals surface area (Å²) in [6, 6.07) is 6.20. The molecule has 0 unspecified atom stereocenters. The summed E-state index contributed by atoms with van der Waals surface area (Å²) in [7, 11) is 0. The van der Waals surface area contributed by atoms with Crippen LogP contribution in [0, 0.1) is 12.8 Å². The predicted molar refractivity (Wildman–Crippen MR) is 73.1 cm³/mol. The zero-order chi connectivity index (χ0) is 12.8. The van der Waals surface area contributed by atoms with E-state index in [9.17, 15) is 0 Å². The normalized spacial score (nSPS) is 16.8. The number of piperidine rings is 1. The monoisotopic (exact) mass is 249 g/mol. The average Bonchev–Trinajstić information content (AvgIpc) is 2.39. The fourth-order valence-corrected chi connectivity index (χ4v) is 2.42. The van der Waals surface area contributed by atoms with E-state index in [2.05, 4.69) is 24.4 Å². The van der Waals surface area contributed by atoms with Gasteiger partial charge in [-0.1, -0.05) is 17.7 Å². The van der Waals surface area contributed by atoms with Gasteiger partial charge in [0, 0.05) is 6.61 Å². The lowest BCUT2D eigenvalue weighted by Crippen LogP contribution is -2.30. The number of hydrogen-bond donors (Lipinski definition) is 2. The van der Waals surface area contributed by atoms with E-state index in [0.29, 0.717) is 12.3 Å². The molecule has 1 aliphatic rings. The van der Waals surface area contributed by atoms with Crippen LogP contribution in [0.4, 0.5) is 0 Å². The van der Waals surface area contributed by atoms with Crippen molar-refractivity contribution in [3.63, 3.8) is 0 Å². The van der Waals surface area contributed by atoms with Gasteiger partial charge in [-0.25, -0.2) is 0 Å². The summed E-state index contributed by atoms with van der Waals surface area (Å²) in [5.41, 5.74) is 2.33. The van der Waals surface area contributed by atoms with Gasteiger partial charge in [-0.3, -0.25) is 0 Å². The molecule has 0 amide bonds. The molecule has 2 rings (SSSR count). The van der Waals surface area contributed by atoms with Crippen LogP contribution < -0.4 is 10.1 Å². The Labute approximate surface area is 109 Å². The first-order chi connectivity index (χ1) is 8.79. The summed E-state index contributed by atoms with van der Waals surface area (Å²) in [5.74, 6) is 1.60. The molecule has 2 N–H and O–H groups in total. The Kier molecular flexibility index (Phi) is 5.02. The van der Waals surface area contributed by atoms with Crippen LogP contribution in [0.15, 0.2) is 18.2 Å². The molecule has 1 saturated heterocycles. The van der Waals surface area contributed by atoms with Crippen molar-refractivity contribution < 1.29 is 9.84 Å². The van der Waals surface area contributed by atoms with Crippen LogP contribution >= 0.6 is 0 Å². The standard InChI is InChI=1S/C15H23NO2/c1-12-2-3-15(14(10-12)6-9-17)18-11-13-4-7-16-8-5-13/h2-3,10,13,16-17H,4-9,11H2,1H3. The van der Waals surface area contributed by atoms with Crippen molar-refractivity contribution in [3.8, 4) is 5.75 Å². The third-order valence-electron chi connectivity index (χ3n) is 3.53. The van der Waals surface area contributed by atoms with Gasteiger partial charge < -0.3 is 15.2 Å². The molecular formula is C15H23NO2. The molecule has 0 aromatic heterocycles. The number of nitrogens with one attached hydrogen (secondary N) is 1. The molecule has 0 radical (unpaired) electrons. The average molecular weight is 249 g/mol. The maximum atomic E-state index is 9.09. The summed E-state index contributed by atoms with van der Waals surface area (Å²) in [4.78, 5) is 0. The van der Waals surface area contributed by atoms with Gasteiger partial charge in [0.1, 0.15) is 5.75 Å². The Hall–Kier alpha value is -1.06. The maximum Gasteiger partial charge on any atom is 0.122 e. The number of hydrogen-bond acceptors (Lipinski definition) is 3. The topological polar surface area (TPSA) is 41.5 Å². The van der Waals surface area contributed by atoms with E-state index in [-0.39, 0.29) is 6.61 Å². The summed E-state index contributed by atoms with van der Waals surface area (Å²) >= 11 is 0. The molecule has 1 fully saturated rings. The van der Waals surface area contributed by atoms with Gasteiger partial charge in [0.2, 0.25) is 0 Å². The first-order valence-corrected chi connectivity index (χ1v) is 6.83. The minimum atomic E-state index is 0.174. The second-order valence-electron chi connectivity index (χ2n) is 5.09. The molecule has 3 heteroatoms. The lowest BCUT2D eigenvalue weighted by Gasteiger charge is -2.23. The van der Waals surface area contributed by atoms with Crippen molar-refractivity contribution in [1.29, 1.82) is 0 Å². The molecule has 1 aromatic carbocycles. The quantitative estimate of drug-likeness (QED) is 0.837. The second-order valence-corrected chi connectivity index (χ2v) is 5.09. The third-order valence-corrected chi connectivity index (χ3v) is 3.53. The summed E-state index contributed by atoms with van der Waals surface area (Å²) in [6.45, 7) is 5.24. The van der Waals surface area contributed by atoms with E-state index >= 15 is 0 Å². The van der Waals surface area contributed by atoms with Crippen molar-refractivity contribution in [2.45, 2.75) is 26.2 Å². The number of benzene rings is 1. The van der Waals surface area contributed by atoms with Crippen LogP contribution in [-0.2, 0) is 6.42 Å². The first kappa shape index (κ1) is 13.4. The zero-order valence-electron chi connectivity index (χ0n) is 11.1. The largest absolute Gasteiger partial charge is 0.493 e. The minimum Gasteiger partial charge on any atom is -0.493 e. The molecule has 0 atom stereocenters. The van der Waals surface area contributed by atoms with E-state index in [4.69, 9.17) is 9.84 Å². The van der Waals surface area contributed by atoms with Crippen molar-refractivity contribution >= 4 is 0 Å². The third kappa shape index (κ3) is 3.72. The summed E-state index contributed by atoms with van der Waals surface area (Å²) in [5, 5.41) is 12.5. The molecule has 0 saturated carbocycles. The van der Waals surface area contributed by atoms with E-state index in [1.807, 2.05) is 6.07 Å². The number of aliphatic hydroxyl groups is 1. The number of rotatable bonds is 5.